The minimum Gasteiger partial charge on any atom is -0.468 e. The van der Waals surface area contributed by atoms with E-state index in [1.165, 1.54) is 0 Å². The van der Waals surface area contributed by atoms with Crippen LogP contribution in [0.3, 0.4) is 0 Å². The van der Waals surface area contributed by atoms with Crippen molar-refractivity contribution in [3.8, 4) is 0 Å². The number of nitrogens with one attached hydrogen (secondary N) is 1. The molecule has 1 aliphatic rings. The Labute approximate surface area is 150 Å². The van der Waals surface area contributed by atoms with Crippen molar-refractivity contribution in [1.82, 2.24) is 20.0 Å². The minimum atomic E-state index is 0.0549. The highest BCUT2D eigenvalue weighted by molar-refractivity contribution is 5.78. The van der Waals surface area contributed by atoms with Crippen LogP contribution in [0.5, 0.6) is 0 Å². The van der Waals surface area contributed by atoms with E-state index in [1.54, 1.807) is 6.26 Å². The first kappa shape index (κ1) is 19.9. The highest BCUT2D eigenvalue weighted by atomic mass is 16.3. The lowest BCUT2D eigenvalue weighted by Gasteiger charge is -2.34. The van der Waals surface area contributed by atoms with Crippen LogP contribution in [0.15, 0.2) is 22.8 Å². The third kappa shape index (κ3) is 6.11. The normalized spacial score (nSPS) is 17.8. The Balaban J connectivity index is 1.79. The van der Waals surface area contributed by atoms with Crippen LogP contribution in [-0.4, -0.2) is 91.2 Å². The number of rotatable bonds is 10. The van der Waals surface area contributed by atoms with Gasteiger partial charge in [-0.3, -0.25) is 19.5 Å². The van der Waals surface area contributed by atoms with Crippen molar-refractivity contribution in [2.24, 2.45) is 0 Å². The van der Waals surface area contributed by atoms with E-state index in [9.17, 15) is 4.79 Å². The number of likely N-dealkylation sites (N-methyl/N-ethyl adjacent to an activating group) is 1. The van der Waals surface area contributed by atoms with Crippen LogP contribution in [0.25, 0.3) is 0 Å². The fourth-order valence-electron chi connectivity index (χ4n) is 3.34. The summed E-state index contributed by atoms with van der Waals surface area (Å²) in [5, 5.41) is 12.1. The second kappa shape index (κ2) is 10.6. The first-order valence-electron chi connectivity index (χ1n) is 9.27. The molecular formula is C18H32N4O3. The average molecular weight is 352 g/mol. The molecule has 142 valence electrons. The summed E-state index contributed by atoms with van der Waals surface area (Å²) in [6.07, 6.45) is 1.68. The zero-order valence-corrected chi connectivity index (χ0v) is 15.5. The molecule has 7 nitrogen and oxygen atoms in total. The van der Waals surface area contributed by atoms with E-state index < -0.39 is 0 Å². The maximum Gasteiger partial charge on any atom is 0.234 e. The summed E-state index contributed by atoms with van der Waals surface area (Å²) in [5.74, 6) is 0.945. The van der Waals surface area contributed by atoms with Crippen molar-refractivity contribution >= 4 is 5.91 Å². The quantitative estimate of drug-likeness (QED) is 0.635. The minimum absolute atomic E-state index is 0.0549. The molecule has 1 aromatic heterocycles. The van der Waals surface area contributed by atoms with E-state index in [0.717, 1.165) is 45.0 Å². The van der Waals surface area contributed by atoms with Gasteiger partial charge in [-0.25, -0.2) is 0 Å². The molecule has 1 saturated heterocycles. The topological polar surface area (TPSA) is 72.2 Å². The molecule has 1 aliphatic heterocycles. The lowest BCUT2D eigenvalue weighted by atomic mass is 10.2. The van der Waals surface area contributed by atoms with Gasteiger partial charge in [0.25, 0.3) is 0 Å². The molecule has 25 heavy (non-hydrogen) atoms. The van der Waals surface area contributed by atoms with E-state index in [2.05, 4.69) is 33.9 Å². The Kier molecular flexibility index (Phi) is 8.40. The predicted molar refractivity (Wildman–Crippen MR) is 97.3 cm³/mol. The second-order valence-corrected chi connectivity index (χ2v) is 6.40. The molecule has 0 spiro atoms. The van der Waals surface area contributed by atoms with Gasteiger partial charge in [0.2, 0.25) is 5.91 Å². The summed E-state index contributed by atoms with van der Waals surface area (Å²) in [7, 11) is 0. The molecule has 0 bridgehead atoms. The Bertz CT molecular complexity index is 483. The predicted octanol–water partition coefficient (Wildman–Crippen LogP) is 0.389. The number of aliphatic hydroxyl groups is 1. The molecule has 2 N–H and O–H groups in total. The number of carbonyl (C=O) groups excluding carboxylic acids is 1. The van der Waals surface area contributed by atoms with Gasteiger partial charge in [0.15, 0.2) is 0 Å². The summed E-state index contributed by atoms with van der Waals surface area (Å²) in [6.45, 7) is 11.5. The lowest BCUT2D eigenvalue weighted by Crippen LogP contribution is -2.50. The first-order chi connectivity index (χ1) is 12.2. The van der Waals surface area contributed by atoms with Gasteiger partial charge in [-0.15, -0.1) is 0 Å². The van der Waals surface area contributed by atoms with Crippen LogP contribution in [0.4, 0.5) is 0 Å². The van der Waals surface area contributed by atoms with E-state index in [0.29, 0.717) is 19.6 Å². The fourth-order valence-corrected chi connectivity index (χ4v) is 3.34. The lowest BCUT2D eigenvalue weighted by molar-refractivity contribution is -0.123. The summed E-state index contributed by atoms with van der Waals surface area (Å²) in [5.41, 5.74) is 0. The zero-order chi connectivity index (χ0) is 18.1. The van der Waals surface area contributed by atoms with Crippen molar-refractivity contribution in [2.75, 3.05) is 65.5 Å². The van der Waals surface area contributed by atoms with Crippen LogP contribution in [0.2, 0.25) is 0 Å². The SMILES string of the molecule is CCN(CC)C(CNC(=O)CN1CCN(CCO)CC1)c1ccco1. The van der Waals surface area contributed by atoms with Gasteiger partial charge in [-0.2, -0.15) is 0 Å². The number of piperazine rings is 1. The van der Waals surface area contributed by atoms with Gasteiger partial charge in [-0.1, -0.05) is 13.8 Å². The van der Waals surface area contributed by atoms with Crippen molar-refractivity contribution in [3.63, 3.8) is 0 Å². The highest BCUT2D eigenvalue weighted by Crippen LogP contribution is 2.20. The van der Waals surface area contributed by atoms with Gasteiger partial charge in [0.05, 0.1) is 25.5 Å². The molecule has 1 aromatic rings. The van der Waals surface area contributed by atoms with Crippen molar-refractivity contribution in [1.29, 1.82) is 0 Å². The molecule has 7 heteroatoms. The number of amides is 1. The number of aliphatic hydroxyl groups excluding tert-OH is 1. The van der Waals surface area contributed by atoms with Gasteiger partial charge < -0.3 is 14.8 Å². The number of furan rings is 1. The number of nitrogens with zero attached hydrogens (tertiary/aromatic N) is 3. The maximum atomic E-state index is 12.3. The molecule has 1 fully saturated rings. The molecule has 0 aliphatic carbocycles. The van der Waals surface area contributed by atoms with Gasteiger partial charge >= 0.3 is 0 Å². The number of hydrogen-bond acceptors (Lipinski definition) is 6. The third-order valence-corrected chi connectivity index (χ3v) is 4.87. The molecule has 0 radical (unpaired) electrons. The fraction of sp³-hybridized carbons (Fsp3) is 0.722. The monoisotopic (exact) mass is 352 g/mol. The number of hydrogen-bond donors (Lipinski definition) is 2. The van der Waals surface area contributed by atoms with Crippen molar-refractivity contribution < 1.29 is 14.3 Å². The third-order valence-electron chi connectivity index (χ3n) is 4.87. The molecule has 1 amide bonds. The number of β-amino-alcohol motifs (C(OH)–C–C–N with tert-alkyl or cyclic N) is 1. The largest absolute Gasteiger partial charge is 0.468 e. The van der Waals surface area contributed by atoms with Crippen LogP contribution >= 0.6 is 0 Å². The van der Waals surface area contributed by atoms with Gasteiger partial charge in [0.1, 0.15) is 5.76 Å². The summed E-state index contributed by atoms with van der Waals surface area (Å²) < 4.78 is 5.57. The Morgan fingerprint density at radius 1 is 1.28 bits per heavy atom. The van der Waals surface area contributed by atoms with Crippen LogP contribution in [0, 0.1) is 0 Å². The Morgan fingerprint density at radius 2 is 1.96 bits per heavy atom. The van der Waals surface area contributed by atoms with E-state index in [-0.39, 0.29) is 18.6 Å². The van der Waals surface area contributed by atoms with Gasteiger partial charge in [-0.05, 0) is 25.2 Å². The zero-order valence-electron chi connectivity index (χ0n) is 15.5. The molecule has 1 unspecified atom stereocenters. The van der Waals surface area contributed by atoms with Gasteiger partial charge in [0, 0.05) is 39.3 Å². The van der Waals surface area contributed by atoms with E-state index >= 15 is 0 Å². The second-order valence-electron chi connectivity index (χ2n) is 6.40. The summed E-state index contributed by atoms with van der Waals surface area (Å²) in [4.78, 5) is 19.0. The van der Waals surface area contributed by atoms with E-state index in [1.807, 2.05) is 12.1 Å². The maximum absolute atomic E-state index is 12.3. The number of carbonyl (C=O) groups is 1. The average Bonchev–Trinajstić information content (AvgIpc) is 3.15. The van der Waals surface area contributed by atoms with Crippen molar-refractivity contribution in [3.05, 3.63) is 24.2 Å². The van der Waals surface area contributed by atoms with Crippen LogP contribution in [0.1, 0.15) is 25.6 Å². The highest BCUT2D eigenvalue weighted by Gasteiger charge is 2.23. The van der Waals surface area contributed by atoms with E-state index in [4.69, 9.17) is 9.52 Å². The molecule has 0 saturated carbocycles. The van der Waals surface area contributed by atoms with Crippen LogP contribution in [-0.2, 0) is 4.79 Å². The molecule has 2 rings (SSSR count). The van der Waals surface area contributed by atoms with Crippen LogP contribution < -0.4 is 5.32 Å². The summed E-state index contributed by atoms with van der Waals surface area (Å²) in [6, 6.07) is 3.92. The first-order valence-corrected chi connectivity index (χ1v) is 9.27. The Hall–Kier alpha value is -1.41. The molecule has 0 aromatic carbocycles. The molecule has 2 heterocycles. The smallest absolute Gasteiger partial charge is 0.234 e. The standard InChI is InChI=1S/C18H32N4O3/c1-3-22(4-2)16(17-6-5-13-25-17)14-19-18(24)15-21-9-7-20(8-10-21)11-12-23/h5-6,13,16,23H,3-4,7-12,14-15H2,1-2H3,(H,19,24). The summed E-state index contributed by atoms with van der Waals surface area (Å²) >= 11 is 0. The van der Waals surface area contributed by atoms with Crippen molar-refractivity contribution in [2.45, 2.75) is 19.9 Å². The molecular weight excluding hydrogens is 320 g/mol. The Morgan fingerprint density at radius 3 is 2.52 bits per heavy atom. The molecule has 1 atom stereocenters.